The van der Waals surface area contributed by atoms with Gasteiger partial charge in [-0.25, -0.2) is 0 Å². The van der Waals surface area contributed by atoms with Crippen LogP contribution in [0.1, 0.15) is 31.2 Å². The molecule has 5 nitrogen and oxygen atoms in total. The van der Waals surface area contributed by atoms with E-state index in [2.05, 4.69) is 10.5 Å². The van der Waals surface area contributed by atoms with E-state index in [0.29, 0.717) is 28.5 Å². The topological polar surface area (TPSA) is 76.7 Å². The van der Waals surface area contributed by atoms with Gasteiger partial charge in [0.1, 0.15) is 0 Å². The van der Waals surface area contributed by atoms with E-state index in [1.165, 1.54) is 25.7 Å². The van der Waals surface area contributed by atoms with Crippen LogP contribution in [0.2, 0.25) is 5.02 Å². The second-order valence-electron chi connectivity index (χ2n) is 6.03. The molecule has 0 saturated heterocycles. The van der Waals surface area contributed by atoms with Crippen LogP contribution in [0, 0.1) is 11.8 Å². The Bertz CT molecular complexity index is 571. The molecule has 2 saturated carbocycles. The molecule has 2 fully saturated rings. The SMILES string of the molecule is N/C(=N\OCC(=O)NC(C1CC1)C1CC1)c1cccc(Cl)c1. The molecule has 6 heteroatoms. The average Bonchev–Trinajstić information content (AvgIpc) is 3.38. The van der Waals surface area contributed by atoms with Crippen LogP contribution in [-0.4, -0.2) is 24.4 Å². The van der Waals surface area contributed by atoms with Crippen LogP contribution in [0.3, 0.4) is 0 Å². The van der Waals surface area contributed by atoms with Crippen LogP contribution in [0.5, 0.6) is 0 Å². The Labute approximate surface area is 134 Å². The number of halogens is 1. The normalized spacial score (nSPS) is 18.4. The fourth-order valence-corrected chi connectivity index (χ4v) is 2.81. The summed E-state index contributed by atoms with van der Waals surface area (Å²) < 4.78 is 0. The zero-order valence-electron chi connectivity index (χ0n) is 12.3. The zero-order valence-corrected chi connectivity index (χ0v) is 13.1. The van der Waals surface area contributed by atoms with E-state index >= 15 is 0 Å². The molecule has 0 heterocycles. The smallest absolute Gasteiger partial charge is 0.261 e. The highest BCUT2D eigenvalue weighted by Crippen LogP contribution is 2.44. The summed E-state index contributed by atoms with van der Waals surface area (Å²) in [6.45, 7) is -0.114. The van der Waals surface area contributed by atoms with Gasteiger partial charge in [-0.05, 0) is 49.7 Å². The van der Waals surface area contributed by atoms with Gasteiger partial charge < -0.3 is 15.9 Å². The monoisotopic (exact) mass is 321 g/mol. The molecule has 3 rings (SSSR count). The summed E-state index contributed by atoms with van der Waals surface area (Å²) in [5.74, 6) is 1.40. The van der Waals surface area contributed by atoms with E-state index in [4.69, 9.17) is 22.2 Å². The van der Waals surface area contributed by atoms with Crippen molar-refractivity contribution in [3.8, 4) is 0 Å². The summed E-state index contributed by atoms with van der Waals surface area (Å²) in [5.41, 5.74) is 6.47. The Morgan fingerprint density at radius 2 is 2.05 bits per heavy atom. The van der Waals surface area contributed by atoms with Gasteiger partial charge >= 0.3 is 0 Å². The number of hydrogen-bond donors (Lipinski definition) is 2. The number of hydrogen-bond acceptors (Lipinski definition) is 3. The number of benzene rings is 1. The first-order valence-electron chi connectivity index (χ1n) is 7.64. The van der Waals surface area contributed by atoms with Crippen LogP contribution >= 0.6 is 11.6 Å². The van der Waals surface area contributed by atoms with Crippen molar-refractivity contribution in [3.05, 3.63) is 34.9 Å². The van der Waals surface area contributed by atoms with Crippen molar-refractivity contribution in [2.45, 2.75) is 31.7 Å². The molecule has 0 bridgehead atoms. The van der Waals surface area contributed by atoms with Crippen molar-refractivity contribution >= 4 is 23.3 Å². The minimum atomic E-state index is -0.133. The number of carbonyl (C=O) groups excluding carboxylic acids is 1. The van der Waals surface area contributed by atoms with Gasteiger partial charge in [-0.1, -0.05) is 28.9 Å². The number of carbonyl (C=O) groups is 1. The van der Waals surface area contributed by atoms with Gasteiger partial charge in [0.15, 0.2) is 12.4 Å². The zero-order chi connectivity index (χ0) is 15.5. The Kier molecular flexibility index (Phi) is 4.52. The number of nitrogens with one attached hydrogen (secondary N) is 1. The van der Waals surface area contributed by atoms with Crippen molar-refractivity contribution in [1.29, 1.82) is 0 Å². The minimum Gasteiger partial charge on any atom is -0.384 e. The molecular formula is C16H20ClN3O2. The number of amides is 1. The van der Waals surface area contributed by atoms with Crippen LogP contribution in [0.4, 0.5) is 0 Å². The first-order valence-corrected chi connectivity index (χ1v) is 8.02. The fraction of sp³-hybridized carbons (Fsp3) is 0.500. The van der Waals surface area contributed by atoms with Crippen LogP contribution in [-0.2, 0) is 9.63 Å². The van der Waals surface area contributed by atoms with Crippen molar-refractivity contribution in [2.75, 3.05) is 6.61 Å². The molecule has 1 aromatic rings. The Morgan fingerprint density at radius 1 is 1.36 bits per heavy atom. The van der Waals surface area contributed by atoms with Gasteiger partial charge in [0.25, 0.3) is 5.91 Å². The van der Waals surface area contributed by atoms with Crippen LogP contribution in [0.15, 0.2) is 29.4 Å². The Balaban J connectivity index is 1.47. The molecule has 0 spiro atoms. The quantitative estimate of drug-likeness (QED) is 0.459. The van der Waals surface area contributed by atoms with Crippen molar-refractivity contribution in [2.24, 2.45) is 22.7 Å². The van der Waals surface area contributed by atoms with Crippen molar-refractivity contribution in [3.63, 3.8) is 0 Å². The van der Waals surface area contributed by atoms with Gasteiger partial charge in [0.2, 0.25) is 0 Å². The maximum absolute atomic E-state index is 11.9. The first kappa shape index (κ1) is 15.2. The van der Waals surface area contributed by atoms with Crippen LogP contribution < -0.4 is 11.1 Å². The summed E-state index contributed by atoms with van der Waals surface area (Å²) in [5, 5.41) is 7.42. The number of nitrogens with zero attached hydrogens (tertiary/aromatic N) is 1. The van der Waals surface area contributed by atoms with E-state index in [9.17, 15) is 4.79 Å². The summed E-state index contributed by atoms with van der Waals surface area (Å²) in [6.07, 6.45) is 4.90. The molecular weight excluding hydrogens is 302 g/mol. The Hall–Kier alpha value is -1.75. The Morgan fingerprint density at radius 3 is 2.64 bits per heavy atom. The van der Waals surface area contributed by atoms with Gasteiger partial charge in [0.05, 0.1) is 0 Å². The predicted molar refractivity (Wildman–Crippen MR) is 85.5 cm³/mol. The summed E-state index contributed by atoms with van der Waals surface area (Å²) in [7, 11) is 0. The molecule has 22 heavy (non-hydrogen) atoms. The first-order chi connectivity index (χ1) is 10.6. The highest BCUT2D eigenvalue weighted by atomic mass is 35.5. The third kappa shape index (κ3) is 4.13. The lowest BCUT2D eigenvalue weighted by Gasteiger charge is -2.16. The molecule has 0 atom stereocenters. The molecule has 0 aliphatic heterocycles. The molecule has 1 aromatic carbocycles. The lowest BCUT2D eigenvalue weighted by Crippen LogP contribution is -2.40. The highest BCUT2D eigenvalue weighted by molar-refractivity contribution is 6.31. The second kappa shape index (κ2) is 6.57. The van der Waals surface area contributed by atoms with E-state index in [1.54, 1.807) is 24.3 Å². The van der Waals surface area contributed by atoms with E-state index in [0.717, 1.165) is 0 Å². The number of oxime groups is 1. The minimum absolute atomic E-state index is 0.114. The highest BCUT2D eigenvalue weighted by Gasteiger charge is 2.42. The lowest BCUT2D eigenvalue weighted by atomic mass is 10.1. The van der Waals surface area contributed by atoms with Gasteiger partial charge in [-0.2, -0.15) is 0 Å². The van der Waals surface area contributed by atoms with E-state index in [1.807, 2.05) is 0 Å². The molecule has 3 N–H and O–H groups in total. The molecule has 0 radical (unpaired) electrons. The predicted octanol–water partition coefficient (Wildman–Crippen LogP) is 2.28. The molecule has 0 unspecified atom stereocenters. The van der Waals surface area contributed by atoms with E-state index < -0.39 is 0 Å². The number of rotatable bonds is 7. The fourth-order valence-electron chi connectivity index (χ4n) is 2.62. The van der Waals surface area contributed by atoms with E-state index in [-0.39, 0.29) is 18.3 Å². The standard InChI is InChI=1S/C16H20ClN3O2/c17-13-3-1-2-12(8-13)16(18)20-22-9-14(21)19-15(10-4-5-10)11-6-7-11/h1-3,8,10-11,15H,4-7,9H2,(H2,18,20)(H,19,21). The van der Waals surface area contributed by atoms with Crippen molar-refractivity contribution in [1.82, 2.24) is 5.32 Å². The third-order valence-corrected chi connectivity index (χ3v) is 4.30. The lowest BCUT2D eigenvalue weighted by molar-refractivity contribution is -0.126. The molecule has 118 valence electrons. The molecule has 2 aliphatic carbocycles. The maximum atomic E-state index is 11.9. The van der Waals surface area contributed by atoms with Gasteiger partial charge in [-0.15, -0.1) is 0 Å². The third-order valence-electron chi connectivity index (χ3n) is 4.07. The summed E-state index contributed by atoms with van der Waals surface area (Å²) >= 11 is 5.89. The maximum Gasteiger partial charge on any atom is 0.261 e. The largest absolute Gasteiger partial charge is 0.384 e. The summed E-state index contributed by atoms with van der Waals surface area (Å²) in [6, 6.07) is 7.33. The molecule has 0 aromatic heterocycles. The number of amidine groups is 1. The molecule has 1 amide bonds. The summed E-state index contributed by atoms with van der Waals surface area (Å²) in [4.78, 5) is 17.0. The van der Waals surface area contributed by atoms with Crippen LogP contribution in [0.25, 0.3) is 0 Å². The second-order valence-corrected chi connectivity index (χ2v) is 6.46. The molecule has 2 aliphatic rings. The van der Waals surface area contributed by atoms with Gasteiger partial charge in [-0.3, -0.25) is 4.79 Å². The van der Waals surface area contributed by atoms with Crippen molar-refractivity contribution < 1.29 is 9.63 Å². The average molecular weight is 322 g/mol. The van der Waals surface area contributed by atoms with Gasteiger partial charge in [0, 0.05) is 16.6 Å². The number of nitrogens with two attached hydrogens (primary N) is 1.